The summed E-state index contributed by atoms with van der Waals surface area (Å²) in [5.41, 5.74) is 4.35. The number of benzene rings is 3. The summed E-state index contributed by atoms with van der Waals surface area (Å²) in [7, 11) is 0. The van der Waals surface area contributed by atoms with Gasteiger partial charge in [-0.15, -0.1) is 0 Å². The number of hydrogen-bond acceptors (Lipinski definition) is 4. The number of anilines is 1. The molecule has 0 spiro atoms. The molecule has 0 aromatic heterocycles. The molecule has 5 rings (SSSR count). The normalized spacial score (nSPS) is 13.5. The van der Waals surface area contributed by atoms with Crippen molar-refractivity contribution in [2.75, 3.05) is 18.1 Å². The molecule has 35 heavy (non-hydrogen) atoms. The van der Waals surface area contributed by atoms with E-state index in [4.69, 9.17) is 4.42 Å². The standard InChI is InChI=1S/C28H25N3O4/c1-4-30(5-2)18-10-12-22-24(15-18)35-25-16-19(31-26(32)14-17(3)29-31)11-13-23(25)27(22)20-8-6-7-9-21(20)28(33)34/h6-13,15-16H,4-5,14H2,1-3H3/p+1. The van der Waals surface area contributed by atoms with Gasteiger partial charge in [0.1, 0.15) is 24.4 Å². The number of nitrogens with zero attached hydrogens (tertiary/aromatic N) is 3. The van der Waals surface area contributed by atoms with Crippen molar-refractivity contribution in [1.29, 1.82) is 0 Å². The summed E-state index contributed by atoms with van der Waals surface area (Å²) in [6, 6.07) is 18.5. The molecule has 176 valence electrons. The van der Waals surface area contributed by atoms with Crippen molar-refractivity contribution < 1.29 is 19.1 Å². The lowest BCUT2D eigenvalue weighted by molar-refractivity contribution is -0.116. The minimum absolute atomic E-state index is 0.0945. The fraction of sp³-hybridized carbons (Fsp3) is 0.214. The first-order valence-electron chi connectivity index (χ1n) is 11.7. The predicted molar refractivity (Wildman–Crippen MR) is 137 cm³/mol. The third kappa shape index (κ3) is 3.89. The van der Waals surface area contributed by atoms with Gasteiger partial charge in [-0.05, 0) is 50.6 Å². The average Bonchev–Trinajstić information content (AvgIpc) is 3.20. The second-order valence-corrected chi connectivity index (χ2v) is 8.58. The molecule has 7 heteroatoms. The number of fused-ring (bicyclic) bond motifs is 2. The first kappa shape index (κ1) is 22.5. The molecule has 2 aromatic rings. The van der Waals surface area contributed by atoms with E-state index in [1.165, 1.54) is 5.01 Å². The Hall–Kier alpha value is -4.26. The van der Waals surface area contributed by atoms with Crippen LogP contribution in [0, 0.1) is 0 Å². The molecule has 2 heterocycles. The summed E-state index contributed by atoms with van der Waals surface area (Å²) < 4.78 is 8.61. The fourth-order valence-corrected chi connectivity index (χ4v) is 4.72. The summed E-state index contributed by atoms with van der Waals surface area (Å²) >= 11 is 0. The number of aromatic carboxylic acids is 1. The maximum atomic E-state index is 12.4. The molecule has 0 unspecified atom stereocenters. The van der Waals surface area contributed by atoms with Crippen molar-refractivity contribution in [1.82, 2.24) is 4.58 Å². The van der Waals surface area contributed by atoms with E-state index >= 15 is 0 Å². The quantitative estimate of drug-likeness (QED) is 0.336. The predicted octanol–water partition coefficient (Wildman–Crippen LogP) is 4.83. The Kier molecular flexibility index (Phi) is 5.68. The van der Waals surface area contributed by atoms with Gasteiger partial charge in [-0.25, -0.2) is 14.4 Å². The van der Waals surface area contributed by atoms with Crippen LogP contribution in [0.2, 0.25) is 0 Å². The Morgan fingerprint density at radius 1 is 1.06 bits per heavy atom. The largest absolute Gasteiger partial charge is 0.478 e. The van der Waals surface area contributed by atoms with Gasteiger partial charge in [-0.3, -0.25) is 4.79 Å². The second-order valence-electron chi connectivity index (χ2n) is 8.58. The van der Waals surface area contributed by atoms with Gasteiger partial charge in [0.25, 0.3) is 5.91 Å². The van der Waals surface area contributed by atoms with Crippen molar-refractivity contribution in [3.8, 4) is 22.5 Å². The lowest BCUT2D eigenvalue weighted by atomic mass is 9.90. The topological polar surface area (TPSA) is 86.1 Å². The van der Waals surface area contributed by atoms with Crippen molar-refractivity contribution in [3.05, 3.63) is 71.6 Å². The molecular weight excluding hydrogens is 442 g/mol. The van der Waals surface area contributed by atoms with Crippen LogP contribution in [0.15, 0.2) is 70.2 Å². The van der Waals surface area contributed by atoms with Crippen LogP contribution in [0.3, 0.4) is 0 Å². The lowest BCUT2D eigenvalue weighted by Crippen LogP contribution is -2.29. The van der Waals surface area contributed by atoms with Crippen LogP contribution in [0.25, 0.3) is 33.4 Å². The van der Waals surface area contributed by atoms with Crippen LogP contribution in [0.4, 0.5) is 5.69 Å². The van der Waals surface area contributed by atoms with Crippen LogP contribution < -0.4 is 14.9 Å². The van der Waals surface area contributed by atoms with Crippen molar-refractivity contribution in [3.63, 3.8) is 0 Å². The summed E-state index contributed by atoms with van der Waals surface area (Å²) in [4.78, 5) is 24.5. The Morgan fingerprint density at radius 3 is 2.51 bits per heavy atom. The van der Waals surface area contributed by atoms with Gasteiger partial charge in [0.15, 0.2) is 0 Å². The molecule has 1 aliphatic carbocycles. The zero-order valence-corrected chi connectivity index (χ0v) is 19.9. The monoisotopic (exact) mass is 468 g/mol. The maximum absolute atomic E-state index is 12.4. The summed E-state index contributed by atoms with van der Waals surface area (Å²) in [5, 5.41) is 17.4. The first-order valence-corrected chi connectivity index (χ1v) is 11.7. The van der Waals surface area contributed by atoms with Gasteiger partial charge < -0.3 is 9.52 Å². The van der Waals surface area contributed by atoms with Gasteiger partial charge in [0, 0.05) is 34.4 Å². The van der Waals surface area contributed by atoms with Crippen molar-refractivity contribution in [2.45, 2.75) is 27.2 Å². The van der Waals surface area contributed by atoms with Crippen LogP contribution in [0.1, 0.15) is 37.6 Å². The Balaban J connectivity index is 1.86. The van der Waals surface area contributed by atoms with Gasteiger partial charge in [0.2, 0.25) is 5.36 Å². The molecule has 0 bridgehead atoms. The Labute approximate surface area is 202 Å². The van der Waals surface area contributed by atoms with Crippen LogP contribution >= 0.6 is 0 Å². The van der Waals surface area contributed by atoms with Gasteiger partial charge in [-0.2, -0.15) is 5.10 Å². The minimum atomic E-state index is -0.994. The highest BCUT2D eigenvalue weighted by Gasteiger charge is 2.25. The smallest absolute Gasteiger partial charge is 0.336 e. The number of rotatable bonds is 5. The Bertz CT molecular complexity index is 1560. The fourth-order valence-electron chi connectivity index (χ4n) is 4.72. The van der Waals surface area contributed by atoms with E-state index in [0.717, 1.165) is 40.7 Å². The molecule has 0 radical (unpaired) electrons. The number of hydrazone groups is 1. The van der Waals surface area contributed by atoms with E-state index in [2.05, 4.69) is 23.5 Å². The summed E-state index contributed by atoms with van der Waals surface area (Å²) in [5.74, 6) is -0.448. The molecule has 1 N–H and O–H groups in total. The summed E-state index contributed by atoms with van der Waals surface area (Å²) in [6.07, 6.45) is 0.289. The maximum Gasteiger partial charge on any atom is 0.336 e. The molecule has 0 fully saturated rings. The molecular formula is C28H26N3O4+. The van der Waals surface area contributed by atoms with E-state index in [1.54, 1.807) is 18.2 Å². The molecule has 0 saturated heterocycles. The van der Waals surface area contributed by atoms with Crippen molar-refractivity contribution >= 4 is 34.2 Å². The highest BCUT2D eigenvalue weighted by Crippen LogP contribution is 2.42. The van der Waals surface area contributed by atoms with Crippen LogP contribution in [-0.2, 0) is 4.79 Å². The van der Waals surface area contributed by atoms with Crippen LogP contribution in [-0.4, -0.2) is 35.8 Å². The number of carboxylic acids is 1. The third-order valence-corrected chi connectivity index (χ3v) is 6.40. The van der Waals surface area contributed by atoms with Gasteiger partial charge in [-0.1, -0.05) is 18.2 Å². The van der Waals surface area contributed by atoms with E-state index in [1.807, 2.05) is 49.4 Å². The van der Waals surface area contributed by atoms with E-state index in [-0.39, 0.29) is 17.9 Å². The van der Waals surface area contributed by atoms with Crippen LogP contribution in [0.5, 0.6) is 0 Å². The number of hydrogen-bond donors (Lipinski definition) is 1. The third-order valence-electron chi connectivity index (χ3n) is 6.40. The molecule has 1 amide bonds. The number of amides is 1. The minimum Gasteiger partial charge on any atom is -0.478 e. The van der Waals surface area contributed by atoms with Gasteiger partial charge in [0.05, 0.1) is 23.7 Å². The Morgan fingerprint density at radius 2 is 1.83 bits per heavy atom. The average molecular weight is 469 g/mol. The summed E-state index contributed by atoms with van der Waals surface area (Å²) in [6.45, 7) is 7.72. The number of carbonyl (C=O) groups excluding carboxylic acids is 1. The SMILES string of the molecule is CC[N+](CC)=c1ccc2c(-c3ccccc3C(=O)O)c3ccc(N4N=C(C)CC4=O)cc3oc-2c1. The highest BCUT2D eigenvalue weighted by atomic mass is 16.4. The molecule has 2 aliphatic heterocycles. The molecule has 0 atom stereocenters. The lowest BCUT2D eigenvalue weighted by Gasteiger charge is -2.18. The zero-order chi connectivity index (χ0) is 24.7. The molecule has 2 aromatic carbocycles. The second kappa shape index (κ2) is 8.83. The van der Waals surface area contributed by atoms with E-state index < -0.39 is 5.97 Å². The molecule has 7 nitrogen and oxygen atoms in total. The van der Waals surface area contributed by atoms with E-state index in [0.29, 0.717) is 22.6 Å². The van der Waals surface area contributed by atoms with Crippen molar-refractivity contribution in [2.24, 2.45) is 5.10 Å². The highest BCUT2D eigenvalue weighted by molar-refractivity contribution is 6.13. The van der Waals surface area contributed by atoms with E-state index in [9.17, 15) is 14.7 Å². The zero-order valence-electron chi connectivity index (χ0n) is 19.9. The first-order chi connectivity index (χ1) is 16.9. The van der Waals surface area contributed by atoms with Gasteiger partial charge >= 0.3 is 5.97 Å². The molecule has 0 saturated carbocycles. The molecule has 3 aliphatic rings. The number of carboxylic acid groups (broad SMARTS) is 1. The number of carbonyl (C=O) groups is 2.